The van der Waals surface area contributed by atoms with Gasteiger partial charge in [-0.25, -0.2) is 4.98 Å². The molecule has 0 aliphatic carbocycles. The van der Waals surface area contributed by atoms with E-state index in [4.69, 9.17) is 9.72 Å². The summed E-state index contributed by atoms with van der Waals surface area (Å²) in [6, 6.07) is 12.3. The average Bonchev–Trinajstić information content (AvgIpc) is 3.34. The van der Waals surface area contributed by atoms with Crippen molar-refractivity contribution >= 4 is 32.6 Å². The number of aromatic nitrogens is 1. The van der Waals surface area contributed by atoms with Gasteiger partial charge in [-0.1, -0.05) is 42.0 Å². The van der Waals surface area contributed by atoms with E-state index in [1.54, 1.807) is 11.3 Å². The second-order valence-corrected chi connectivity index (χ2v) is 8.53. The van der Waals surface area contributed by atoms with Crippen LogP contribution in [0.25, 0.3) is 10.2 Å². The van der Waals surface area contributed by atoms with Crippen molar-refractivity contribution in [3.8, 4) is 0 Å². The Morgan fingerprint density at radius 3 is 2.82 bits per heavy atom. The normalized spacial score (nSPS) is 16.6. The third kappa shape index (κ3) is 3.82. The van der Waals surface area contributed by atoms with Crippen molar-refractivity contribution in [2.24, 2.45) is 0 Å². The van der Waals surface area contributed by atoms with Crippen molar-refractivity contribution in [3.05, 3.63) is 58.7 Å². The summed E-state index contributed by atoms with van der Waals surface area (Å²) < 4.78 is 6.96. The van der Waals surface area contributed by atoms with E-state index in [0.717, 1.165) is 57.9 Å². The van der Waals surface area contributed by atoms with E-state index in [0.29, 0.717) is 6.54 Å². The summed E-state index contributed by atoms with van der Waals surface area (Å²) in [5.41, 5.74) is 5.12. The smallest absolute Gasteiger partial charge is 0.260 e. The maximum absolute atomic E-state index is 13.5. The molecule has 1 atom stereocenters. The number of thiazole rings is 1. The fourth-order valence-electron chi connectivity index (χ4n) is 3.73. The zero-order valence-electron chi connectivity index (χ0n) is 16.7. The number of amides is 1. The van der Waals surface area contributed by atoms with Gasteiger partial charge in [-0.3, -0.25) is 9.69 Å². The molecule has 4 nitrogen and oxygen atoms in total. The molecular weight excluding hydrogens is 368 g/mol. The first-order valence-corrected chi connectivity index (χ1v) is 10.8. The number of hydrogen-bond acceptors (Lipinski definition) is 4. The number of benzene rings is 2. The van der Waals surface area contributed by atoms with E-state index in [1.807, 2.05) is 30.9 Å². The highest BCUT2D eigenvalue weighted by atomic mass is 32.1. The van der Waals surface area contributed by atoms with E-state index in [9.17, 15) is 4.79 Å². The van der Waals surface area contributed by atoms with Crippen LogP contribution in [0.2, 0.25) is 0 Å². The topological polar surface area (TPSA) is 42.4 Å². The minimum absolute atomic E-state index is 0.00257. The molecule has 4 rings (SSSR count). The second kappa shape index (κ2) is 8.02. The first-order chi connectivity index (χ1) is 13.5. The van der Waals surface area contributed by atoms with E-state index in [2.05, 4.69) is 31.2 Å². The zero-order chi connectivity index (χ0) is 19.7. The Kier molecular flexibility index (Phi) is 5.47. The van der Waals surface area contributed by atoms with Crippen molar-refractivity contribution in [3.63, 3.8) is 0 Å². The Labute approximate surface area is 170 Å². The molecule has 0 spiro atoms. The third-order valence-corrected chi connectivity index (χ3v) is 6.39. The van der Waals surface area contributed by atoms with Crippen LogP contribution in [-0.4, -0.2) is 30.1 Å². The van der Waals surface area contributed by atoms with Crippen LogP contribution in [0.5, 0.6) is 0 Å². The third-order valence-electron chi connectivity index (χ3n) is 5.35. The molecule has 1 amide bonds. The first-order valence-electron chi connectivity index (χ1n) is 9.95. The number of anilines is 1. The van der Waals surface area contributed by atoms with Crippen molar-refractivity contribution in [2.45, 2.75) is 46.1 Å². The molecule has 146 valence electrons. The number of fused-ring (bicyclic) bond motifs is 1. The Hall–Kier alpha value is -2.24. The van der Waals surface area contributed by atoms with E-state index >= 15 is 0 Å². The van der Waals surface area contributed by atoms with Crippen LogP contribution >= 0.6 is 11.3 Å². The number of rotatable bonds is 5. The van der Waals surface area contributed by atoms with Gasteiger partial charge in [0.15, 0.2) is 5.13 Å². The zero-order valence-corrected chi connectivity index (χ0v) is 17.5. The molecule has 0 radical (unpaired) electrons. The summed E-state index contributed by atoms with van der Waals surface area (Å²) in [7, 11) is 0. The van der Waals surface area contributed by atoms with Crippen molar-refractivity contribution < 1.29 is 9.53 Å². The molecule has 1 aliphatic rings. The summed E-state index contributed by atoms with van der Waals surface area (Å²) in [4.78, 5) is 20.1. The lowest BCUT2D eigenvalue weighted by Crippen LogP contribution is -2.37. The summed E-state index contributed by atoms with van der Waals surface area (Å²) >= 11 is 1.59. The van der Waals surface area contributed by atoms with Crippen molar-refractivity contribution in [1.29, 1.82) is 0 Å². The quantitative estimate of drug-likeness (QED) is 0.590. The maximum Gasteiger partial charge on any atom is 0.260 e. The summed E-state index contributed by atoms with van der Waals surface area (Å²) in [6.07, 6.45) is 3.11. The predicted octanol–water partition coefficient (Wildman–Crippen LogP) is 5.30. The van der Waals surface area contributed by atoms with Crippen LogP contribution in [0.1, 0.15) is 46.8 Å². The molecule has 1 aromatic heterocycles. The van der Waals surface area contributed by atoms with Crippen LogP contribution in [-0.2, 0) is 11.2 Å². The van der Waals surface area contributed by atoms with Crippen molar-refractivity contribution in [1.82, 2.24) is 4.98 Å². The highest BCUT2D eigenvalue weighted by Gasteiger charge is 2.27. The molecule has 1 fully saturated rings. The van der Waals surface area contributed by atoms with Gasteiger partial charge in [0.05, 0.1) is 22.9 Å². The van der Waals surface area contributed by atoms with Crippen molar-refractivity contribution in [2.75, 3.05) is 18.1 Å². The van der Waals surface area contributed by atoms with Crippen LogP contribution in [0, 0.1) is 13.8 Å². The lowest BCUT2D eigenvalue weighted by Gasteiger charge is -2.24. The average molecular weight is 395 g/mol. The van der Waals surface area contributed by atoms with Crippen LogP contribution < -0.4 is 4.90 Å². The van der Waals surface area contributed by atoms with Crippen LogP contribution in [0.15, 0.2) is 36.4 Å². The fourth-order valence-corrected chi connectivity index (χ4v) is 4.77. The molecule has 1 aliphatic heterocycles. The monoisotopic (exact) mass is 394 g/mol. The predicted molar refractivity (Wildman–Crippen MR) is 116 cm³/mol. The molecule has 2 aromatic carbocycles. The van der Waals surface area contributed by atoms with Gasteiger partial charge in [0.2, 0.25) is 0 Å². The van der Waals surface area contributed by atoms with E-state index in [1.165, 1.54) is 5.56 Å². The Bertz CT molecular complexity index is 1010. The molecule has 0 N–H and O–H groups in total. The van der Waals surface area contributed by atoms with Gasteiger partial charge in [0, 0.05) is 12.2 Å². The molecule has 5 heteroatoms. The Balaban J connectivity index is 1.73. The first kappa shape index (κ1) is 19.1. The number of carbonyl (C=O) groups excluding carboxylic acids is 1. The SMILES string of the molecule is CCc1ccc2nc(N(CC3CCCO3)C(=O)c3ccc(C)cc3C)sc2c1. The number of nitrogens with zero attached hydrogens (tertiary/aromatic N) is 2. The summed E-state index contributed by atoms with van der Waals surface area (Å²) in [5, 5.41) is 0.753. The lowest BCUT2D eigenvalue weighted by molar-refractivity contribution is 0.0917. The van der Waals surface area contributed by atoms with Gasteiger partial charge >= 0.3 is 0 Å². The van der Waals surface area contributed by atoms with Gasteiger partial charge in [0.25, 0.3) is 5.91 Å². The lowest BCUT2D eigenvalue weighted by atomic mass is 10.0. The number of carbonyl (C=O) groups is 1. The number of ether oxygens (including phenoxy) is 1. The van der Waals surface area contributed by atoms with Gasteiger partial charge in [0.1, 0.15) is 0 Å². The maximum atomic E-state index is 13.5. The van der Waals surface area contributed by atoms with Crippen LogP contribution in [0.3, 0.4) is 0 Å². The molecule has 2 heterocycles. The van der Waals surface area contributed by atoms with E-state index in [-0.39, 0.29) is 12.0 Å². The van der Waals surface area contributed by atoms with Crippen LogP contribution in [0.4, 0.5) is 5.13 Å². The van der Waals surface area contributed by atoms with Gasteiger partial charge in [-0.05, 0) is 62.4 Å². The summed E-state index contributed by atoms with van der Waals surface area (Å²) in [5.74, 6) is 0.00257. The molecule has 1 saturated heterocycles. The molecule has 3 aromatic rings. The molecule has 0 bridgehead atoms. The van der Waals surface area contributed by atoms with E-state index < -0.39 is 0 Å². The summed E-state index contributed by atoms with van der Waals surface area (Å²) in [6.45, 7) is 7.51. The molecule has 1 unspecified atom stereocenters. The van der Waals surface area contributed by atoms with Gasteiger partial charge in [-0.15, -0.1) is 0 Å². The Morgan fingerprint density at radius 2 is 2.11 bits per heavy atom. The van der Waals surface area contributed by atoms with Gasteiger partial charge < -0.3 is 4.74 Å². The highest BCUT2D eigenvalue weighted by Crippen LogP contribution is 2.32. The highest BCUT2D eigenvalue weighted by molar-refractivity contribution is 7.22. The Morgan fingerprint density at radius 1 is 1.25 bits per heavy atom. The minimum Gasteiger partial charge on any atom is -0.376 e. The fraction of sp³-hybridized carbons (Fsp3) is 0.391. The molecule has 28 heavy (non-hydrogen) atoms. The minimum atomic E-state index is 0.00257. The standard InChI is InChI=1S/C23H26N2O2S/c1-4-17-8-10-20-21(13-17)28-23(24-20)25(14-18-6-5-11-27-18)22(26)19-9-7-15(2)12-16(19)3/h7-10,12-13,18H,4-6,11,14H2,1-3H3. The second-order valence-electron chi connectivity index (χ2n) is 7.52. The number of aryl methyl sites for hydroxylation is 3. The molecule has 0 saturated carbocycles. The van der Waals surface area contributed by atoms with Gasteiger partial charge in [-0.2, -0.15) is 0 Å². The largest absolute Gasteiger partial charge is 0.376 e. The molecular formula is C23H26N2O2S. The number of hydrogen-bond donors (Lipinski definition) is 0.